The van der Waals surface area contributed by atoms with E-state index in [1.165, 1.54) is 0 Å². The molecule has 0 aliphatic carbocycles. The molecule has 4 heteroatoms. The first-order valence-corrected chi connectivity index (χ1v) is 7.44. The zero-order valence-electron chi connectivity index (χ0n) is 12.0. The van der Waals surface area contributed by atoms with Crippen molar-refractivity contribution in [2.75, 3.05) is 6.54 Å². The largest absolute Gasteiger partial charge is 0.480 e. The van der Waals surface area contributed by atoms with Crippen LogP contribution in [0.15, 0.2) is 36.4 Å². The lowest BCUT2D eigenvalue weighted by molar-refractivity contribution is -0.127. The molecule has 1 heterocycles. The fourth-order valence-corrected chi connectivity index (χ4v) is 2.81. The maximum atomic E-state index is 12.0. The highest BCUT2D eigenvalue weighted by Crippen LogP contribution is 2.29. The van der Waals surface area contributed by atoms with Gasteiger partial charge in [-0.05, 0) is 36.1 Å². The van der Waals surface area contributed by atoms with Crippen molar-refractivity contribution in [1.29, 1.82) is 0 Å². The number of nitrogens with one attached hydrogen (secondary N) is 1. The summed E-state index contributed by atoms with van der Waals surface area (Å²) in [5.74, 6) is 0.696. The zero-order valence-corrected chi connectivity index (χ0v) is 12.0. The summed E-state index contributed by atoms with van der Waals surface area (Å²) in [5.41, 5.74) is 6.87. The molecule has 1 atom stereocenters. The van der Waals surface area contributed by atoms with E-state index in [1.54, 1.807) is 0 Å². The molecule has 0 spiro atoms. The van der Waals surface area contributed by atoms with Gasteiger partial charge in [0.25, 0.3) is 5.91 Å². The Morgan fingerprint density at radius 3 is 2.90 bits per heavy atom. The molecule has 1 saturated heterocycles. The molecule has 1 aliphatic rings. The summed E-state index contributed by atoms with van der Waals surface area (Å²) in [5, 5.41) is 5.12. The number of amides is 1. The highest BCUT2D eigenvalue weighted by atomic mass is 16.5. The molecule has 1 fully saturated rings. The van der Waals surface area contributed by atoms with Gasteiger partial charge in [-0.25, -0.2) is 0 Å². The highest BCUT2D eigenvalue weighted by molar-refractivity contribution is 5.88. The molecular formula is C17H20N2O2. The molecule has 4 nitrogen and oxygen atoms in total. The Morgan fingerprint density at radius 1 is 1.19 bits per heavy atom. The third-order valence-corrected chi connectivity index (χ3v) is 3.96. The Morgan fingerprint density at radius 2 is 2.05 bits per heavy atom. The molecule has 0 bridgehead atoms. The lowest BCUT2D eigenvalue weighted by atomic mass is 10.0. The van der Waals surface area contributed by atoms with E-state index in [4.69, 9.17) is 10.5 Å². The van der Waals surface area contributed by atoms with Crippen molar-refractivity contribution in [3.8, 4) is 5.75 Å². The van der Waals surface area contributed by atoms with Crippen LogP contribution in [-0.4, -0.2) is 18.6 Å². The van der Waals surface area contributed by atoms with Crippen molar-refractivity contribution in [2.45, 2.75) is 31.9 Å². The Hall–Kier alpha value is -2.07. The zero-order chi connectivity index (χ0) is 14.7. The first-order chi connectivity index (χ1) is 10.3. The van der Waals surface area contributed by atoms with Gasteiger partial charge in [0, 0.05) is 18.7 Å². The van der Waals surface area contributed by atoms with Gasteiger partial charge in [-0.15, -0.1) is 0 Å². The molecule has 0 radical (unpaired) electrons. The minimum atomic E-state index is -0.418. The predicted octanol–water partition coefficient (Wildman–Crippen LogP) is 2.35. The summed E-state index contributed by atoms with van der Waals surface area (Å²) in [6.45, 7) is 1.13. The Balaban J connectivity index is 1.94. The molecule has 0 saturated carbocycles. The smallest absolute Gasteiger partial charge is 0.261 e. The van der Waals surface area contributed by atoms with Crippen molar-refractivity contribution in [2.24, 2.45) is 5.73 Å². The monoisotopic (exact) mass is 284 g/mol. The van der Waals surface area contributed by atoms with Crippen LogP contribution < -0.4 is 15.8 Å². The van der Waals surface area contributed by atoms with E-state index in [2.05, 4.69) is 11.4 Å². The molecule has 3 N–H and O–H groups in total. The average molecular weight is 284 g/mol. The van der Waals surface area contributed by atoms with Crippen LogP contribution in [0.1, 0.15) is 24.8 Å². The van der Waals surface area contributed by atoms with Gasteiger partial charge >= 0.3 is 0 Å². The van der Waals surface area contributed by atoms with Crippen molar-refractivity contribution in [3.63, 3.8) is 0 Å². The van der Waals surface area contributed by atoms with E-state index in [-0.39, 0.29) is 5.91 Å². The number of hydrogen-bond acceptors (Lipinski definition) is 3. The summed E-state index contributed by atoms with van der Waals surface area (Å²) in [4.78, 5) is 12.0. The number of ether oxygens (including phenoxy) is 1. The molecular weight excluding hydrogens is 264 g/mol. The van der Waals surface area contributed by atoms with Crippen LogP contribution in [0.4, 0.5) is 0 Å². The molecule has 3 rings (SSSR count). The normalized spacial score (nSPS) is 19.1. The van der Waals surface area contributed by atoms with Gasteiger partial charge in [0.05, 0.1) is 0 Å². The second-order valence-corrected chi connectivity index (χ2v) is 5.36. The number of fused-ring (bicyclic) bond motifs is 1. The second-order valence-electron chi connectivity index (χ2n) is 5.36. The Bertz CT molecular complexity index is 654. The average Bonchev–Trinajstić information content (AvgIpc) is 2.72. The maximum Gasteiger partial charge on any atom is 0.261 e. The van der Waals surface area contributed by atoms with Crippen LogP contribution in [0.2, 0.25) is 0 Å². The third-order valence-electron chi connectivity index (χ3n) is 3.96. The molecule has 21 heavy (non-hydrogen) atoms. The first kappa shape index (κ1) is 13.9. The molecule has 2 aromatic rings. The van der Waals surface area contributed by atoms with Crippen LogP contribution in [0, 0.1) is 0 Å². The van der Waals surface area contributed by atoms with E-state index >= 15 is 0 Å². The fraction of sp³-hybridized carbons (Fsp3) is 0.353. The molecule has 1 unspecified atom stereocenters. The van der Waals surface area contributed by atoms with Crippen LogP contribution in [-0.2, 0) is 11.3 Å². The van der Waals surface area contributed by atoms with Crippen molar-refractivity contribution >= 4 is 16.7 Å². The van der Waals surface area contributed by atoms with Gasteiger partial charge in [0.2, 0.25) is 0 Å². The SMILES string of the molecule is NCc1c(OC2CCCCNC2=O)ccc2ccccc12. The van der Waals surface area contributed by atoms with Crippen molar-refractivity contribution in [1.82, 2.24) is 5.32 Å². The van der Waals surface area contributed by atoms with E-state index < -0.39 is 6.10 Å². The first-order valence-electron chi connectivity index (χ1n) is 7.44. The lowest BCUT2D eigenvalue weighted by Crippen LogP contribution is -2.36. The molecule has 2 aromatic carbocycles. The van der Waals surface area contributed by atoms with Gasteiger partial charge < -0.3 is 15.8 Å². The quantitative estimate of drug-likeness (QED) is 0.909. The van der Waals surface area contributed by atoms with E-state index in [0.29, 0.717) is 6.54 Å². The predicted molar refractivity (Wildman–Crippen MR) is 83.1 cm³/mol. The van der Waals surface area contributed by atoms with E-state index in [9.17, 15) is 4.79 Å². The van der Waals surface area contributed by atoms with Crippen molar-refractivity contribution in [3.05, 3.63) is 42.0 Å². The summed E-state index contributed by atoms with van der Waals surface area (Å²) in [6, 6.07) is 12.0. The summed E-state index contributed by atoms with van der Waals surface area (Å²) in [6.07, 6.45) is 2.34. The highest BCUT2D eigenvalue weighted by Gasteiger charge is 2.23. The van der Waals surface area contributed by atoms with Crippen LogP contribution >= 0.6 is 0 Å². The number of hydrogen-bond donors (Lipinski definition) is 2. The van der Waals surface area contributed by atoms with Gasteiger partial charge in [0.15, 0.2) is 6.10 Å². The third kappa shape index (κ3) is 2.85. The number of carbonyl (C=O) groups excluding carboxylic acids is 1. The van der Waals surface area contributed by atoms with Gasteiger partial charge in [-0.3, -0.25) is 4.79 Å². The molecule has 110 valence electrons. The number of benzene rings is 2. The van der Waals surface area contributed by atoms with E-state index in [0.717, 1.165) is 47.9 Å². The minimum absolute atomic E-state index is 0.0244. The number of nitrogens with two attached hydrogens (primary N) is 1. The fourth-order valence-electron chi connectivity index (χ4n) is 2.81. The minimum Gasteiger partial charge on any atom is -0.480 e. The number of carbonyl (C=O) groups is 1. The lowest BCUT2D eigenvalue weighted by Gasteiger charge is -2.19. The topological polar surface area (TPSA) is 64.3 Å². The van der Waals surface area contributed by atoms with E-state index in [1.807, 2.05) is 30.3 Å². The molecule has 1 aliphatic heterocycles. The molecule has 0 aromatic heterocycles. The van der Waals surface area contributed by atoms with Crippen molar-refractivity contribution < 1.29 is 9.53 Å². The maximum absolute atomic E-state index is 12.0. The van der Waals surface area contributed by atoms with Crippen LogP contribution in [0.5, 0.6) is 5.75 Å². The van der Waals surface area contributed by atoms with Gasteiger partial charge in [-0.1, -0.05) is 30.3 Å². The second kappa shape index (κ2) is 6.14. The number of rotatable bonds is 3. The van der Waals surface area contributed by atoms with Crippen LogP contribution in [0.25, 0.3) is 10.8 Å². The Kier molecular flexibility index (Phi) is 4.06. The summed E-state index contributed by atoms with van der Waals surface area (Å²) >= 11 is 0. The van der Waals surface area contributed by atoms with Gasteiger partial charge in [0.1, 0.15) is 5.75 Å². The standard InChI is InChI=1S/C17H20N2O2/c18-11-14-13-6-2-1-5-12(13)8-9-15(14)21-16-7-3-4-10-19-17(16)20/h1-2,5-6,8-9,16H,3-4,7,10-11,18H2,(H,19,20). The Labute approximate surface area is 124 Å². The summed E-state index contributed by atoms with van der Waals surface area (Å²) < 4.78 is 5.99. The van der Waals surface area contributed by atoms with Crippen LogP contribution in [0.3, 0.4) is 0 Å². The molecule has 1 amide bonds. The van der Waals surface area contributed by atoms with Gasteiger partial charge in [-0.2, -0.15) is 0 Å². The summed E-state index contributed by atoms with van der Waals surface area (Å²) in [7, 11) is 0.